The lowest BCUT2D eigenvalue weighted by molar-refractivity contribution is -0.118. The normalized spacial score (nSPS) is 15.3. The average molecular weight is 230 g/mol. The van der Waals surface area contributed by atoms with Crippen molar-refractivity contribution in [2.24, 2.45) is 5.92 Å². The van der Waals surface area contributed by atoms with Crippen LogP contribution < -0.4 is 5.32 Å². The van der Waals surface area contributed by atoms with Gasteiger partial charge in [-0.2, -0.15) is 0 Å². The summed E-state index contributed by atoms with van der Waals surface area (Å²) in [5, 5.41) is 13.9. The van der Waals surface area contributed by atoms with Crippen LogP contribution in [0.15, 0.2) is 0 Å². The zero-order valence-corrected chi connectivity index (χ0v) is 8.94. The van der Waals surface area contributed by atoms with Gasteiger partial charge in [-0.1, -0.05) is 0 Å². The molecule has 0 saturated heterocycles. The van der Waals surface area contributed by atoms with Crippen LogP contribution in [0.25, 0.3) is 0 Å². The Hall–Kier alpha value is -1.17. The fourth-order valence-electron chi connectivity index (χ4n) is 1.26. The Labute approximate surface area is 92.0 Å². The standard InChI is InChI=1S/C8H12ClN5O/c9-3-8(15)10-4-7-11-12-13-14(7)5-6-1-2-6/h6H,1-5H2,(H,10,15). The molecule has 1 aliphatic rings. The minimum Gasteiger partial charge on any atom is -0.348 e. The molecule has 82 valence electrons. The predicted octanol–water partition coefficient (Wildman–Crippen LogP) is -0.0619. The van der Waals surface area contributed by atoms with Crippen molar-refractivity contribution in [3.63, 3.8) is 0 Å². The second kappa shape index (κ2) is 4.57. The van der Waals surface area contributed by atoms with E-state index in [9.17, 15) is 4.79 Å². The molecule has 1 heterocycles. The van der Waals surface area contributed by atoms with Crippen LogP contribution in [-0.2, 0) is 17.9 Å². The highest BCUT2D eigenvalue weighted by molar-refractivity contribution is 6.27. The first-order valence-corrected chi connectivity index (χ1v) is 5.40. The maximum atomic E-state index is 10.9. The van der Waals surface area contributed by atoms with Crippen molar-refractivity contribution in [2.45, 2.75) is 25.9 Å². The van der Waals surface area contributed by atoms with E-state index in [1.165, 1.54) is 12.8 Å². The number of hydrogen-bond acceptors (Lipinski definition) is 4. The third kappa shape index (κ3) is 2.89. The number of rotatable bonds is 5. The number of amides is 1. The highest BCUT2D eigenvalue weighted by Crippen LogP contribution is 2.30. The summed E-state index contributed by atoms with van der Waals surface area (Å²) in [7, 11) is 0. The van der Waals surface area contributed by atoms with Crippen LogP contribution in [0.4, 0.5) is 0 Å². The maximum Gasteiger partial charge on any atom is 0.235 e. The Bertz CT molecular complexity index is 349. The number of hydrogen-bond donors (Lipinski definition) is 1. The highest BCUT2D eigenvalue weighted by atomic mass is 35.5. The number of carbonyl (C=O) groups is 1. The first-order chi connectivity index (χ1) is 7.29. The molecule has 0 unspecified atom stereocenters. The van der Waals surface area contributed by atoms with Crippen molar-refractivity contribution in [2.75, 3.05) is 5.88 Å². The van der Waals surface area contributed by atoms with E-state index in [-0.39, 0.29) is 11.8 Å². The van der Waals surface area contributed by atoms with Gasteiger partial charge in [0.25, 0.3) is 0 Å². The van der Waals surface area contributed by atoms with Gasteiger partial charge in [-0.3, -0.25) is 4.79 Å². The zero-order valence-electron chi connectivity index (χ0n) is 8.19. The van der Waals surface area contributed by atoms with Crippen LogP contribution in [0.2, 0.25) is 0 Å². The Kier molecular flexibility index (Phi) is 3.15. The van der Waals surface area contributed by atoms with Gasteiger partial charge >= 0.3 is 0 Å². The van der Waals surface area contributed by atoms with E-state index in [0.29, 0.717) is 18.3 Å². The van der Waals surface area contributed by atoms with Gasteiger partial charge in [-0.15, -0.1) is 16.7 Å². The first kappa shape index (κ1) is 10.4. The van der Waals surface area contributed by atoms with Gasteiger partial charge in [0.15, 0.2) is 5.82 Å². The van der Waals surface area contributed by atoms with Crippen LogP contribution in [-0.4, -0.2) is 32.0 Å². The highest BCUT2D eigenvalue weighted by Gasteiger charge is 2.23. The van der Waals surface area contributed by atoms with Gasteiger partial charge in [0.2, 0.25) is 5.91 Å². The minimum atomic E-state index is -0.211. The molecule has 0 radical (unpaired) electrons. The molecule has 0 aliphatic heterocycles. The van der Waals surface area contributed by atoms with E-state index >= 15 is 0 Å². The SMILES string of the molecule is O=C(CCl)NCc1nnnn1CC1CC1. The van der Waals surface area contributed by atoms with E-state index in [1.54, 1.807) is 4.68 Å². The van der Waals surface area contributed by atoms with E-state index in [4.69, 9.17) is 11.6 Å². The van der Waals surface area contributed by atoms with Crippen molar-refractivity contribution >= 4 is 17.5 Å². The molecule has 1 aromatic heterocycles. The molecule has 1 N–H and O–H groups in total. The van der Waals surface area contributed by atoms with Crippen LogP contribution in [0.3, 0.4) is 0 Å². The molecular weight excluding hydrogens is 218 g/mol. The minimum absolute atomic E-state index is 0.0375. The molecule has 1 aliphatic carbocycles. The van der Waals surface area contributed by atoms with E-state index in [2.05, 4.69) is 20.8 Å². The third-order valence-electron chi connectivity index (χ3n) is 2.30. The molecule has 1 aromatic rings. The number of tetrazole rings is 1. The van der Waals surface area contributed by atoms with E-state index in [0.717, 1.165) is 6.54 Å². The number of nitrogens with one attached hydrogen (secondary N) is 1. The zero-order chi connectivity index (χ0) is 10.7. The average Bonchev–Trinajstić information content (AvgIpc) is 2.94. The summed E-state index contributed by atoms with van der Waals surface area (Å²) in [6, 6.07) is 0. The number of halogens is 1. The molecule has 6 nitrogen and oxygen atoms in total. The summed E-state index contributed by atoms with van der Waals surface area (Å²) in [6.07, 6.45) is 2.49. The van der Waals surface area contributed by atoms with Gasteiger partial charge in [0.05, 0.1) is 6.54 Å². The number of carbonyl (C=O) groups excluding carboxylic acids is 1. The molecule has 1 amide bonds. The summed E-state index contributed by atoms with van der Waals surface area (Å²) < 4.78 is 1.74. The lowest BCUT2D eigenvalue weighted by Crippen LogP contribution is -2.26. The monoisotopic (exact) mass is 229 g/mol. The fourth-order valence-corrected chi connectivity index (χ4v) is 1.36. The molecule has 0 spiro atoms. The molecular formula is C8H12ClN5O. The summed E-state index contributed by atoms with van der Waals surface area (Å²) in [6.45, 7) is 1.18. The van der Waals surface area contributed by atoms with Crippen molar-refractivity contribution in [1.29, 1.82) is 0 Å². The largest absolute Gasteiger partial charge is 0.348 e. The number of alkyl halides is 1. The van der Waals surface area contributed by atoms with Gasteiger partial charge in [0.1, 0.15) is 5.88 Å². The van der Waals surface area contributed by atoms with Gasteiger partial charge < -0.3 is 5.32 Å². The molecule has 1 fully saturated rings. The van der Waals surface area contributed by atoms with Gasteiger partial charge in [-0.25, -0.2) is 4.68 Å². The second-order valence-corrected chi connectivity index (χ2v) is 3.90. The Morgan fingerprint density at radius 2 is 2.40 bits per heavy atom. The molecule has 7 heteroatoms. The van der Waals surface area contributed by atoms with Crippen LogP contribution in [0, 0.1) is 5.92 Å². The maximum absolute atomic E-state index is 10.9. The topological polar surface area (TPSA) is 72.7 Å². The molecule has 0 aromatic carbocycles. The lowest BCUT2D eigenvalue weighted by atomic mass is 10.4. The van der Waals surface area contributed by atoms with Gasteiger partial charge in [-0.05, 0) is 29.2 Å². The van der Waals surface area contributed by atoms with Crippen LogP contribution >= 0.6 is 11.6 Å². The molecule has 1 saturated carbocycles. The molecule has 15 heavy (non-hydrogen) atoms. The van der Waals surface area contributed by atoms with Crippen molar-refractivity contribution in [3.8, 4) is 0 Å². The number of nitrogens with zero attached hydrogens (tertiary/aromatic N) is 4. The van der Waals surface area contributed by atoms with Crippen molar-refractivity contribution in [1.82, 2.24) is 25.5 Å². The van der Waals surface area contributed by atoms with E-state index < -0.39 is 0 Å². The fraction of sp³-hybridized carbons (Fsp3) is 0.750. The summed E-state index contributed by atoms with van der Waals surface area (Å²) in [5.74, 6) is 1.14. The summed E-state index contributed by atoms with van der Waals surface area (Å²) >= 11 is 5.36. The van der Waals surface area contributed by atoms with Crippen LogP contribution in [0.1, 0.15) is 18.7 Å². The smallest absolute Gasteiger partial charge is 0.235 e. The second-order valence-electron chi connectivity index (χ2n) is 3.63. The quantitative estimate of drug-likeness (QED) is 0.718. The Morgan fingerprint density at radius 3 is 3.07 bits per heavy atom. The van der Waals surface area contributed by atoms with Gasteiger partial charge in [0, 0.05) is 6.54 Å². The Balaban J connectivity index is 1.88. The molecule has 0 atom stereocenters. The summed E-state index contributed by atoms with van der Waals surface area (Å²) in [5.41, 5.74) is 0. The first-order valence-electron chi connectivity index (χ1n) is 4.87. The Morgan fingerprint density at radius 1 is 1.60 bits per heavy atom. The van der Waals surface area contributed by atoms with E-state index in [1.807, 2.05) is 0 Å². The molecule has 2 rings (SSSR count). The number of aromatic nitrogens is 4. The van der Waals surface area contributed by atoms with Crippen molar-refractivity contribution in [3.05, 3.63) is 5.82 Å². The summed E-state index contributed by atoms with van der Waals surface area (Å²) in [4.78, 5) is 10.9. The molecule has 0 bridgehead atoms. The van der Waals surface area contributed by atoms with Crippen molar-refractivity contribution < 1.29 is 4.79 Å². The predicted molar refractivity (Wildman–Crippen MR) is 53.1 cm³/mol. The van der Waals surface area contributed by atoms with Crippen LogP contribution in [0.5, 0.6) is 0 Å². The lowest BCUT2D eigenvalue weighted by Gasteiger charge is -2.03. The third-order valence-corrected chi connectivity index (χ3v) is 2.54.